The Morgan fingerprint density at radius 2 is 0.980 bits per heavy atom. The molecule has 51 heavy (non-hydrogen) atoms. The zero-order chi connectivity index (χ0) is 33.9. The summed E-state index contributed by atoms with van der Waals surface area (Å²) in [5, 5.41) is 11.1. The average Bonchev–Trinajstić information content (AvgIpc) is 3.71. The van der Waals surface area contributed by atoms with Gasteiger partial charge in [0.1, 0.15) is 0 Å². The Bertz CT molecular complexity index is 2950. The maximum absolute atomic E-state index is 4.28. The lowest BCUT2D eigenvalue weighted by Crippen LogP contribution is -1.97. The molecule has 0 aliphatic heterocycles. The molecule has 3 heteroatoms. The zero-order valence-corrected chi connectivity index (χ0v) is 27.9. The van der Waals surface area contributed by atoms with Crippen LogP contribution in [0, 0.1) is 0 Å². The second-order valence-corrected chi connectivity index (χ2v) is 13.1. The van der Waals surface area contributed by atoms with E-state index in [1.165, 1.54) is 65.6 Å². The summed E-state index contributed by atoms with van der Waals surface area (Å²) < 4.78 is 4.75. The maximum Gasteiger partial charge on any atom is 0.0619 e. The van der Waals surface area contributed by atoms with Crippen LogP contribution in [0.4, 0.5) is 11.4 Å². The Kier molecular flexibility index (Phi) is 6.65. The number of nitrogens with one attached hydrogen (secondary N) is 1. The lowest BCUT2D eigenvalue weighted by atomic mass is 9.99. The quantitative estimate of drug-likeness (QED) is 0.190. The summed E-state index contributed by atoms with van der Waals surface area (Å²) >= 11 is 0. The predicted molar refractivity (Wildman–Crippen MR) is 218 cm³/mol. The van der Waals surface area contributed by atoms with Crippen LogP contribution in [-0.4, -0.2) is 9.13 Å². The molecule has 10 aromatic rings. The standard InChI is InChI=1S/C48H33N3/c1-2-37-38-25-26-42-39-20-9-12-23-46(39)51(36-18-7-4-8-19-36)48(42)41(38)27-28-44(37)49-34-15-13-14-32(30-34)33-24-29-47-43(31-33)40-21-10-11-22-45(40)50(47)35-16-5-3-6-17-35/h2-31,49H,1H2. The molecule has 0 amide bonds. The van der Waals surface area contributed by atoms with E-state index in [-0.39, 0.29) is 0 Å². The number of anilines is 2. The average molecular weight is 652 g/mol. The molecule has 0 atom stereocenters. The lowest BCUT2D eigenvalue weighted by molar-refractivity contribution is 1.18. The topological polar surface area (TPSA) is 21.9 Å². The number of para-hydroxylation sites is 4. The summed E-state index contributed by atoms with van der Waals surface area (Å²) in [6.45, 7) is 4.28. The van der Waals surface area contributed by atoms with E-state index >= 15 is 0 Å². The molecule has 3 nitrogen and oxygen atoms in total. The zero-order valence-electron chi connectivity index (χ0n) is 27.9. The van der Waals surface area contributed by atoms with Crippen molar-refractivity contribution in [2.24, 2.45) is 0 Å². The van der Waals surface area contributed by atoms with Crippen molar-refractivity contribution < 1.29 is 0 Å². The maximum atomic E-state index is 4.28. The molecule has 0 spiro atoms. The number of fused-ring (bicyclic) bond motifs is 8. The Morgan fingerprint density at radius 1 is 0.412 bits per heavy atom. The Hall–Kier alpha value is -6.84. The molecule has 10 rings (SSSR count). The van der Waals surface area contributed by atoms with Crippen LogP contribution in [0.1, 0.15) is 5.56 Å². The third kappa shape index (κ3) is 4.59. The van der Waals surface area contributed by atoms with Crippen LogP contribution in [0.25, 0.3) is 83.0 Å². The first-order chi connectivity index (χ1) is 25.3. The molecular formula is C48H33N3. The molecule has 0 saturated heterocycles. The Morgan fingerprint density at radius 3 is 1.73 bits per heavy atom. The minimum atomic E-state index is 1.03. The fraction of sp³-hybridized carbons (Fsp3) is 0. The SMILES string of the molecule is C=Cc1c(Nc2cccc(-c3ccc4c(c3)c3ccccc3n4-c3ccccc3)c2)ccc2c1ccc1c3ccccc3n(-c3ccccc3)c21. The number of benzene rings is 8. The van der Waals surface area contributed by atoms with Crippen LogP contribution in [0.5, 0.6) is 0 Å². The molecule has 0 unspecified atom stereocenters. The van der Waals surface area contributed by atoms with E-state index in [1.54, 1.807) is 0 Å². The van der Waals surface area contributed by atoms with Gasteiger partial charge in [0.05, 0.1) is 22.1 Å². The number of rotatable bonds is 6. The van der Waals surface area contributed by atoms with Crippen LogP contribution in [0.15, 0.2) is 183 Å². The fourth-order valence-electron chi connectivity index (χ4n) is 8.00. The van der Waals surface area contributed by atoms with Crippen molar-refractivity contribution in [3.8, 4) is 22.5 Å². The second-order valence-electron chi connectivity index (χ2n) is 13.1. The van der Waals surface area contributed by atoms with Gasteiger partial charge in [-0.3, -0.25) is 0 Å². The Balaban J connectivity index is 1.07. The van der Waals surface area contributed by atoms with Crippen LogP contribution in [0.2, 0.25) is 0 Å². The summed E-state index contributed by atoms with van der Waals surface area (Å²) in [6, 6.07) is 63.1. The lowest BCUT2D eigenvalue weighted by Gasteiger charge is -2.15. The third-order valence-electron chi connectivity index (χ3n) is 10.3. The number of nitrogens with zero attached hydrogens (tertiary/aromatic N) is 2. The molecular weight excluding hydrogens is 619 g/mol. The van der Waals surface area contributed by atoms with Gasteiger partial charge in [-0.05, 0) is 83.2 Å². The summed E-state index contributed by atoms with van der Waals surface area (Å²) in [5.74, 6) is 0. The third-order valence-corrected chi connectivity index (χ3v) is 10.3. The van der Waals surface area contributed by atoms with Crippen LogP contribution >= 0.6 is 0 Å². The van der Waals surface area contributed by atoms with Crippen molar-refractivity contribution in [2.75, 3.05) is 5.32 Å². The molecule has 1 N–H and O–H groups in total. The summed E-state index contributed by atoms with van der Waals surface area (Å²) in [5.41, 5.74) is 12.6. The number of hydrogen-bond donors (Lipinski definition) is 1. The largest absolute Gasteiger partial charge is 0.355 e. The molecule has 8 aromatic carbocycles. The normalized spacial score (nSPS) is 11.6. The van der Waals surface area contributed by atoms with Crippen molar-refractivity contribution in [3.63, 3.8) is 0 Å². The summed E-state index contributed by atoms with van der Waals surface area (Å²) in [4.78, 5) is 0. The number of hydrogen-bond acceptors (Lipinski definition) is 1. The van der Waals surface area contributed by atoms with Crippen molar-refractivity contribution in [1.82, 2.24) is 9.13 Å². The minimum Gasteiger partial charge on any atom is -0.355 e. The molecule has 0 saturated carbocycles. The van der Waals surface area contributed by atoms with Crippen LogP contribution in [-0.2, 0) is 0 Å². The van der Waals surface area contributed by atoms with Crippen molar-refractivity contribution in [1.29, 1.82) is 0 Å². The van der Waals surface area contributed by atoms with Gasteiger partial charge in [0.25, 0.3) is 0 Å². The van der Waals surface area contributed by atoms with Gasteiger partial charge < -0.3 is 14.5 Å². The molecule has 2 aromatic heterocycles. The second kappa shape index (κ2) is 11.6. The van der Waals surface area contributed by atoms with E-state index in [0.717, 1.165) is 28.2 Å². The van der Waals surface area contributed by atoms with E-state index in [0.29, 0.717) is 0 Å². The van der Waals surface area contributed by atoms with Gasteiger partial charge in [-0.2, -0.15) is 0 Å². The molecule has 240 valence electrons. The Labute approximate surface area is 295 Å². The molecule has 0 aliphatic rings. The van der Waals surface area contributed by atoms with Gasteiger partial charge in [-0.1, -0.05) is 122 Å². The molecule has 0 bridgehead atoms. The van der Waals surface area contributed by atoms with Crippen molar-refractivity contribution >= 4 is 71.8 Å². The summed E-state index contributed by atoms with van der Waals surface area (Å²) in [7, 11) is 0. The first-order valence-corrected chi connectivity index (χ1v) is 17.4. The molecule has 0 fully saturated rings. The van der Waals surface area contributed by atoms with Gasteiger partial charge in [0.2, 0.25) is 0 Å². The molecule has 0 radical (unpaired) electrons. The van der Waals surface area contributed by atoms with Crippen LogP contribution in [0.3, 0.4) is 0 Å². The van der Waals surface area contributed by atoms with Gasteiger partial charge >= 0.3 is 0 Å². The highest BCUT2D eigenvalue weighted by atomic mass is 15.0. The first-order valence-electron chi connectivity index (χ1n) is 17.4. The molecule has 0 aliphatic carbocycles. The minimum absolute atomic E-state index is 1.03. The monoisotopic (exact) mass is 651 g/mol. The van der Waals surface area contributed by atoms with Crippen LogP contribution < -0.4 is 5.32 Å². The van der Waals surface area contributed by atoms with E-state index in [1.807, 2.05) is 6.08 Å². The fourth-order valence-corrected chi connectivity index (χ4v) is 8.00. The molecule has 2 heterocycles. The van der Waals surface area contributed by atoms with Crippen molar-refractivity contribution in [3.05, 3.63) is 188 Å². The highest BCUT2D eigenvalue weighted by molar-refractivity contribution is 6.20. The number of aromatic nitrogens is 2. The van der Waals surface area contributed by atoms with E-state index in [9.17, 15) is 0 Å². The van der Waals surface area contributed by atoms with Gasteiger partial charge in [0, 0.05) is 55.2 Å². The summed E-state index contributed by atoms with van der Waals surface area (Å²) in [6.07, 6.45) is 1.98. The van der Waals surface area contributed by atoms with E-state index < -0.39 is 0 Å². The van der Waals surface area contributed by atoms with E-state index in [2.05, 4.69) is 197 Å². The van der Waals surface area contributed by atoms with Crippen molar-refractivity contribution in [2.45, 2.75) is 0 Å². The predicted octanol–water partition coefficient (Wildman–Crippen LogP) is 13.1. The highest BCUT2D eigenvalue weighted by Crippen LogP contribution is 2.40. The van der Waals surface area contributed by atoms with Gasteiger partial charge in [-0.25, -0.2) is 0 Å². The van der Waals surface area contributed by atoms with Gasteiger partial charge in [-0.15, -0.1) is 0 Å². The first kappa shape index (κ1) is 29.1. The van der Waals surface area contributed by atoms with E-state index in [4.69, 9.17) is 0 Å². The smallest absolute Gasteiger partial charge is 0.0619 e. The highest BCUT2D eigenvalue weighted by Gasteiger charge is 2.17. The van der Waals surface area contributed by atoms with Gasteiger partial charge in [0.15, 0.2) is 0 Å².